The predicted octanol–water partition coefficient (Wildman–Crippen LogP) is 2.46. The Morgan fingerprint density at radius 2 is 1.72 bits per heavy atom. The molecule has 0 aliphatic carbocycles. The third kappa shape index (κ3) is 4.11. The standard InChI is InChI=1S/C14H24N2O2/c1-5-16(6-2)10-9-15-12-7-8-13(17-3)14(11-12)18-4/h7-8,11,15H,5-6,9-10H2,1-4H3. The van der Waals surface area contributed by atoms with Crippen LogP contribution in [0.25, 0.3) is 0 Å². The molecule has 0 spiro atoms. The van der Waals surface area contributed by atoms with Gasteiger partial charge in [0.05, 0.1) is 14.2 Å². The molecule has 102 valence electrons. The topological polar surface area (TPSA) is 33.7 Å². The van der Waals surface area contributed by atoms with Crippen molar-refractivity contribution in [1.29, 1.82) is 0 Å². The van der Waals surface area contributed by atoms with Gasteiger partial charge in [0.2, 0.25) is 0 Å². The third-order valence-corrected chi connectivity index (χ3v) is 3.04. The average Bonchev–Trinajstić information content (AvgIpc) is 2.43. The van der Waals surface area contributed by atoms with Gasteiger partial charge in [0.25, 0.3) is 0 Å². The van der Waals surface area contributed by atoms with E-state index in [1.807, 2.05) is 18.2 Å². The molecule has 0 unspecified atom stereocenters. The minimum Gasteiger partial charge on any atom is -0.493 e. The van der Waals surface area contributed by atoms with Gasteiger partial charge in [-0.1, -0.05) is 13.8 Å². The molecule has 0 aromatic heterocycles. The van der Waals surface area contributed by atoms with E-state index in [-0.39, 0.29) is 0 Å². The van der Waals surface area contributed by atoms with Gasteiger partial charge < -0.3 is 19.7 Å². The molecule has 1 aromatic carbocycles. The Labute approximate surface area is 110 Å². The molecule has 1 N–H and O–H groups in total. The molecule has 0 radical (unpaired) electrons. The van der Waals surface area contributed by atoms with Crippen molar-refractivity contribution in [3.8, 4) is 11.5 Å². The van der Waals surface area contributed by atoms with E-state index in [1.54, 1.807) is 14.2 Å². The zero-order chi connectivity index (χ0) is 13.4. The monoisotopic (exact) mass is 252 g/mol. The van der Waals surface area contributed by atoms with E-state index in [0.717, 1.165) is 43.4 Å². The number of anilines is 1. The SMILES string of the molecule is CCN(CC)CCNc1ccc(OC)c(OC)c1. The van der Waals surface area contributed by atoms with Gasteiger partial charge >= 0.3 is 0 Å². The van der Waals surface area contributed by atoms with Crippen molar-refractivity contribution >= 4 is 5.69 Å². The van der Waals surface area contributed by atoms with E-state index in [2.05, 4.69) is 24.1 Å². The molecule has 0 aliphatic heterocycles. The molecular weight excluding hydrogens is 228 g/mol. The summed E-state index contributed by atoms with van der Waals surface area (Å²) in [4.78, 5) is 2.38. The molecule has 0 saturated carbocycles. The number of ether oxygens (including phenoxy) is 2. The highest BCUT2D eigenvalue weighted by atomic mass is 16.5. The van der Waals surface area contributed by atoms with E-state index in [9.17, 15) is 0 Å². The minimum absolute atomic E-state index is 0.755. The van der Waals surface area contributed by atoms with E-state index in [0.29, 0.717) is 0 Å². The maximum Gasteiger partial charge on any atom is 0.162 e. The largest absolute Gasteiger partial charge is 0.493 e. The van der Waals surface area contributed by atoms with Crippen LogP contribution in [0.4, 0.5) is 5.69 Å². The number of likely N-dealkylation sites (N-methyl/N-ethyl adjacent to an activating group) is 1. The number of benzene rings is 1. The Morgan fingerprint density at radius 3 is 2.28 bits per heavy atom. The highest BCUT2D eigenvalue weighted by Gasteiger charge is 2.04. The smallest absolute Gasteiger partial charge is 0.162 e. The first kappa shape index (κ1) is 14.6. The molecule has 0 saturated heterocycles. The van der Waals surface area contributed by atoms with Crippen LogP contribution in [-0.4, -0.2) is 45.3 Å². The first-order chi connectivity index (χ1) is 8.74. The molecule has 4 heteroatoms. The van der Waals surface area contributed by atoms with Crippen LogP contribution < -0.4 is 14.8 Å². The first-order valence-corrected chi connectivity index (χ1v) is 6.43. The zero-order valence-electron chi connectivity index (χ0n) is 11.8. The van der Waals surface area contributed by atoms with Crippen LogP contribution in [0.2, 0.25) is 0 Å². The Bertz CT molecular complexity index is 352. The molecule has 18 heavy (non-hydrogen) atoms. The second kappa shape index (κ2) is 7.82. The summed E-state index contributed by atoms with van der Waals surface area (Å²) in [5.74, 6) is 1.51. The van der Waals surface area contributed by atoms with Crippen LogP contribution in [0.3, 0.4) is 0 Å². The molecule has 1 rings (SSSR count). The van der Waals surface area contributed by atoms with Crippen LogP contribution in [0.1, 0.15) is 13.8 Å². The molecule has 0 aliphatic rings. The van der Waals surface area contributed by atoms with Crippen molar-refractivity contribution in [3.63, 3.8) is 0 Å². The highest BCUT2D eigenvalue weighted by Crippen LogP contribution is 2.29. The maximum absolute atomic E-state index is 5.27. The predicted molar refractivity (Wildman–Crippen MR) is 75.8 cm³/mol. The Balaban J connectivity index is 2.52. The third-order valence-electron chi connectivity index (χ3n) is 3.04. The molecular formula is C14H24N2O2. The highest BCUT2D eigenvalue weighted by molar-refractivity contribution is 5.54. The van der Waals surface area contributed by atoms with Gasteiger partial charge in [-0.25, -0.2) is 0 Å². The van der Waals surface area contributed by atoms with Crippen molar-refractivity contribution in [2.75, 3.05) is 45.7 Å². The van der Waals surface area contributed by atoms with Gasteiger partial charge in [-0.15, -0.1) is 0 Å². The van der Waals surface area contributed by atoms with Crippen LogP contribution in [0.5, 0.6) is 11.5 Å². The van der Waals surface area contributed by atoms with Crippen LogP contribution in [0, 0.1) is 0 Å². The number of nitrogens with zero attached hydrogens (tertiary/aromatic N) is 1. The van der Waals surface area contributed by atoms with Gasteiger partial charge in [0.1, 0.15) is 0 Å². The summed E-state index contributed by atoms with van der Waals surface area (Å²) < 4.78 is 10.5. The fourth-order valence-electron chi connectivity index (χ4n) is 1.84. The lowest BCUT2D eigenvalue weighted by Gasteiger charge is -2.18. The zero-order valence-corrected chi connectivity index (χ0v) is 11.8. The Kier molecular flexibility index (Phi) is 6.36. The van der Waals surface area contributed by atoms with E-state index < -0.39 is 0 Å². The van der Waals surface area contributed by atoms with Crippen molar-refractivity contribution in [2.24, 2.45) is 0 Å². The minimum atomic E-state index is 0.755. The summed E-state index contributed by atoms with van der Waals surface area (Å²) >= 11 is 0. The molecule has 4 nitrogen and oxygen atoms in total. The lowest BCUT2D eigenvalue weighted by molar-refractivity contribution is 0.316. The summed E-state index contributed by atoms with van der Waals surface area (Å²) in [6, 6.07) is 5.88. The van der Waals surface area contributed by atoms with Crippen LogP contribution >= 0.6 is 0 Å². The van der Waals surface area contributed by atoms with Crippen molar-refractivity contribution in [2.45, 2.75) is 13.8 Å². The van der Waals surface area contributed by atoms with Gasteiger partial charge in [0, 0.05) is 24.8 Å². The fourth-order valence-corrected chi connectivity index (χ4v) is 1.84. The molecule has 1 aromatic rings. The first-order valence-electron chi connectivity index (χ1n) is 6.43. The van der Waals surface area contributed by atoms with Crippen molar-refractivity contribution < 1.29 is 9.47 Å². The molecule has 0 fully saturated rings. The summed E-state index contributed by atoms with van der Waals surface area (Å²) in [5, 5.41) is 3.39. The van der Waals surface area contributed by atoms with E-state index in [1.165, 1.54) is 0 Å². The van der Waals surface area contributed by atoms with Crippen LogP contribution in [0.15, 0.2) is 18.2 Å². The summed E-state index contributed by atoms with van der Waals surface area (Å²) in [6.07, 6.45) is 0. The maximum atomic E-state index is 5.27. The quantitative estimate of drug-likeness (QED) is 0.770. The van der Waals surface area contributed by atoms with Gasteiger partial charge in [-0.3, -0.25) is 0 Å². The normalized spacial score (nSPS) is 10.5. The van der Waals surface area contributed by atoms with Crippen LogP contribution in [-0.2, 0) is 0 Å². The average molecular weight is 252 g/mol. The van der Waals surface area contributed by atoms with E-state index in [4.69, 9.17) is 9.47 Å². The number of methoxy groups -OCH3 is 2. The number of nitrogens with one attached hydrogen (secondary N) is 1. The van der Waals surface area contributed by atoms with Crippen molar-refractivity contribution in [3.05, 3.63) is 18.2 Å². The molecule has 0 amide bonds. The van der Waals surface area contributed by atoms with Gasteiger partial charge in [0.15, 0.2) is 11.5 Å². The Hall–Kier alpha value is -1.42. The summed E-state index contributed by atoms with van der Waals surface area (Å²) in [5.41, 5.74) is 1.06. The number of hydrogen-bond acceptors (Lipinski definition) is 4. The number of hydrogen-bond donors (Lipinski definition) is 1. The van der Waals surface area contributed by atoms with Gasteiger partial charge in [-0.05, 0) is 25.2 Å². The summed E-state index contributed by atoms with van der Waals surface area (Å²) in [7, 11) is 3.29. The molecule has 0 bridgehead atoms. The molecule has 0 atom stereocenters. The second-order valence-corrected chi connectivity index (χ2v) is 4.02. The summed E-state index contributed by atoms with van der Waals surface area (Å²) in [6.45, 7) is 8.51. The molecule has 0 heterocycles. The second-order valence-electron chi connectivity index (χ2n) is 4.02. The van der Waals surface area contributed by atoms with Crippen molar-refractivity contribution in [1.82, 2.24) is 4.90 Å². The van der Waals surface area contributed by atoms with E-state index >= 15 is 0 Å². The lowest BCUT2D eigenvalue weighted by Crippen LogP contribution is -2.28. The van der Waals surface area contributed by atoms with Gasteiger partial charge in [-0.2, -0.15) is 0 Å². The Morgan fingerprint density at radius 1 is 1.06 bits per heavy atom. The number of rotatable bonds is 8. The lowest BCUT2D eigenvalue weighted by atomic mass is 10.2. The fraction of sp³-hybridized carbons (Fsp3) is 0.571.